The molecule has 0 N–H and O–H groups in total. The van der Waals surface area contributed by atoms with Gasteiger partial charge in [0.15, 0.2) is 0 Å². The van der Waals surface area contributed by atoms with Crippen LogP contribution in [-0.4, -0.2) is 47.1 Å². The van der Waals surface area contributed by atoms with E-state index in [9.17, 15) is 9.18 Å². The summed E-state index contributed by atoms with van der Waals surface area (Å²) in [4.78, 5) is 22.5. The van der Waals surface area contributed by atoms with Gasteiger partial charge in [-0.25, -0.2) is 14.4 Å². The predicted octanol–water partition coefficient (Wildman–Crippen LogP) is 1.88. The number of amides is 1. The van der Waals surface area contributed by atoms with E-state index in [0.29, 0.717) is 31.9 Å². The lowest BCUT2D eigenvalue weighted by molar-refractivity contribution is -0.130. The van der Waals surface area contributed by atoms with Crippen LogP contribution in [-0.2, 0) is 22.4 Å². The van der Waals surface area contributed by atoms with Crippen molar-refractivity contribution >= 4 is 5.91 Å². The molecular weight excluding hydrogens is 309 g/mol. The van der Waals surface area contributed by atoms with Gasteiger partial charge in [0.1, 0.15) is 12.1 Å². The zero-order valence-corrected chi connectivity index (χ0v) is 13.4. The Morgan fingerprint density at radius 2 is 2.21 bits per heavy atom. The molecule has 1 atom stereocenters. The molecule has 1 aromatic heterocycles. The van der Waals surface area contributed by atoms with Gasteiger partial charge in [-0.05, 0) is 24.1 Å². The standard InChI is InChI=1S/C18H20FN3O2/c19-17-4-2-1-3-15(17)10-18(23)22-7-8-24-12-14(11-22)9-16-5-6-20-13-21-16/h1-6,13-14H,7-12H2/t14-/m1/s1. The minimum atomic E-state index is -0.338. The van der Waals surface area contributed by atoms with Gasteiger partial charge in [-0.1, -0.05) is 18.2 Å². The monoisotopic (exact) mass is 329 g/mol. The van der Waals surface area contributed by atoms with E-state index in [0.717, 1.165) is 12.1 Å². The van der Waals surface area contributed by atoms with Crippen LogP contribution in [0, 0.1) is 11.7 Å². The highest BCUT2D eigenvalue weighted by Crippen LogP contribution is 2.15. The number of benzene rings is 1. The fourth-order valence-electron chi connectivity index (χ4n) is 2.88. The van der Waals surface area contributed by atoms with Crippen LogP contribution >= 0.6 is 0 Å². The minimum Gasteiger partial charge on any atom is -0.379 e. The van der Waals surface area contributed by atoms with Crippen molar-refractivity contribution in [3.05, 3.63) is 59.9 Å². The molecule has 1 aromatic carbocycles. The van der Waals surface area contributed by atoms with Crippen molar-refractivity contribution in [2.45, 2.75) is 12.8 Å². The second-order valence-electron chi connectivity index (χ2n) is 5.95. The van der Waals surface area contributed by atoms with E-state index in [2.05, 4.69) is 9.97 Å². The Morgan fingerprint density at radius 3 is 3.00 bits per heavy atom. The van der Waals surface area contributed by atoms with Crippen molar-refractivity contribution in [1.29, 1.82) is 0 Å². The van der Waals surface area contributed by atoms with Gasteiger partial charge in [0, 0.05) is 30.9 Å². The summed E-state index contributed by atoms with van der Waals surface area (Å²) in [5.41, 5.74) is 1.36. The Kier molecular flexibility index (Phi) is 5.48. The summed E-state index contributed by atoms with van der Waals surface area (Å²) in [6.45, 7) is 2.22. The molecule has 1 aliphatic rings. The molecule has 1 amide bonds. The minimum absolute atomic E-state index is 0.0710. The molecule has 0 bridgehead atoms. The van der Waals surface area contributed by atoms with Gasteiger partial charge in [-0.3, -0.25) is 4.79 Å². The van der Waals surface area contributed by atoms with Gasteiger partial charge < -0.3 is 9.64 Å². The molecule has 0 saturated carbocycles. The summed E-state index contributed by atoms with van der Waals surface area (Å²) in [5, 5.41) is 0. The Bertz CT molecular complexity index is 681. The van der Waals surface area contributed by atoms with E-state index in [-0.39, 0.29) is 24.1 Å². The lowest BCUT2D eigenvalue weighted by Gasteiger charge is -2.23. The molecule has 2 aromatic rings. The molecule has 2 heterocycles. The normalized spacial score (nSPS) is 18.2. The number of hydrogen-bond donors (Lipinski definition) is 0. The molecule has 126 valence electrons. The molecule has 5 nitrogen and oxygen atoms in total. The van der Waals surface area contributed by atoms with Crippen molar-refractivity contribution in [3.63, 3.8) is 0 Å². The number of aromatic nitrogens is 2. The highest BCUT2D eigenvalue weighted by atomic mass is 19.1. The highest BCUT2D eigenvalue weighted by molar-refractivity contribution is 5.78. The number of halogens is 1. The third-order valence-corrected chi connectivity index (χ3v) is 4.13. The molecule has 6 heteroatoms. The second kappa shape index (κ2) is 7.97. The summed E-state index contributed by atoms with van der Waals surface area (Å²) in [7, 11) is 0. The smallest absolute Gasteiger partial charge is 0.227 e. The lowest BCUT2D eigenvalue weighted by Crippen LogP contribution is -2.37. The summed E-state index contributed by atoms with van der Waals surface area (Å²) in [5.74, 6) is -0.236. The van der Waals surface area contributed by atoms with Crippen molar-refractivity contribution in [1.82, 2.24) is 14.9 Å². The molecular formula is C18H20FN3O2. The predicted molar refractivity (Wildman–Crippen MR) is 86.7 cm³/mol. The largest absolute Gasteiger partial charge is 0.379 e. The molecule has 1 aliphatic heterocycles. The van der Waals surface area contributed by atoms with Crippen LogP contribution in [0.1, 0.15) is 11.3 Å². The van der Waals surface area contributed by atoms with Gasteiger partial charge in [0.05, 0.1) is 19.6 Å². The van der Waals surface area contributed by atoms with Crippen molar-refractivity contribution < 1.29 is 13.9 Å². The van der Waals surface area contributed by atoms with Crippen LogP contribution in [0.5, 0.6) is 0 Å². The summed E-state index contributed by atoms with van der Waals surface area (Å²) in [6.07, 6.45) is 4.04. The molecule has 0 spiro atoms. The molecule has 1 fully saturated rings. The van der Waals surface area contributed by atoms with Crippen molar-refractivity contribution in [3.8, 4) is 0 Å². The maximum atomic E-state index is 13.8. The summed E-state index contributed by atoms with van der Waals surface area (Å²) >= 11 is 0. The number of hydrogen-bond acceptors (Lipinski definition) is 4. The fourth-order valence-corrected chi connectivity index (χ4v) is 2.88. The van der Waals surface area contributed by atoms with Crippen molar-refractivity contribution in [2.75, 3.05) is 26.3 Å². The molecule has 0 radical (unpaired) electrons. The van der Waals surface area contributed by atoms with Gasteiger partial charge in [0.25, 0.3) is 0 Å². The van der Waals surface area contributed by atoms with Gasteiger partial charge in [-0.2, -0.15) is 0 Å². The van der Waals surface area contributed by atoms with Crippen LogP contribution in [0.25, 0.3) is 0 Å². The Morgan fingerprint density at radius 1 is 1.33 bits per heavy atom. The first-order valence-corrected chi connectivity index (χ1v) is 8.06. The summed E-state index contributed by atoms with van der Waals surface area (Å²) < 4.78 is 19.4. The average Bonchev–Trinajstić information content (AvgIpc) is 2.83. The SMILES string of the molecule is O=C(Cc1ccccc1F)N1CCOC[C@H](Cc2ccncn2)C1. The lowest BCUT2D eigenvalue weighted by atomic mass is 10.0. The van der Waals surface area contributed by atoms with E-state index in [1.165, 1.54) is 12.4 Å². The van der Waals surface area contributed by atoms with Crippen molar-refractivity contribution in [2.24, 2.45) is 5.92 Å². The van der Waals surface area contributed by atoms with E-state index < -0.39 is 0 Å². The van der Waals surface area contributed by atoms with E-state index in [4.69, 9.17) is 4.74 Å². The van der Waals surface area contributed by atoms with Crippen LogP contribution < -0.4 is 0 Å². The average molecular weight is 329 g/mol. The zero-order valence-electron chi connectivity index (χ0n) is 13.4. The molecule has 0 unspecified atom stereocenters. The zero-order chi connectivity index (χ0) is 16.8. The topological polar surface area (TPSA) is 55.3 Å². The van der Waals surface area contributed by atoms with Gasteiger partial charge >= 0.3 is 0 Å². The Balaban J connectivity index is 1.64. The van der Waals surface area contributed by atoms with Gasteiger partial charge in [0.2, 0.25) is 5.91 Å². The van der Waals surface area contributed by atoms with Gasteiger partial charge in [-0.15, -0.1) is 0 Å². The van der Waals surface area contributed by atoms with Crippen LogP contribution in [0.3, 0.4) is 0 Å². The Labute approximate surface area is 140 Å². The maximum absolute atomic E-state index is 13.8. The van der Waals surface area contributed by atoms with Crippen LogP contribution in [0.4, 0.5) is 4.39 Å². The van der Waals surface area contributed by atoms with E-state index in [1.807, 2.05) is 6.07 Å². The number of nitrogens with zero attached hydrogens (tertiary/aromatic N) is 3. The first-order chi connectivity index (χ1) is 11.7. The molecule has 0 aliphatic carbocycles. The first kappa shape index (κ1) is 16.5. The maximum Gasteiger partial charge on any atom is 0.227 e. The van der Waals surface area contributed by atoms with Crippen LogP contribution in [0.2, 0.25) is 0 Å². The number of carbonyl (C=O) groups is 1. The quantitative estimate of drug-likeness (QED) is 0.859. The number of ether oxygens (including phenoxy) is 1. The molecule has 3 rings (SSSR count). The number of carbonyl (C=O) groups excluding carboxylic acids is 1. The molecule has 1 saturated heterocycles. The first-order valence-electron chi connectivity index (χ1n) is 8.06. The summed E-state index contributed by atoms with van der Waals surface area (Å²) in [6, 6.07) is 8.28. The highest BCUT2D eigenvalue weighted by Gasteiger charge is 2.23. The van der Waals surface area contributed by atoms with Crippen LogP contribution in [0.15, 0.2) is 42.9 Å². The van der Waals surface area contributed by atoms with E-state index >= 15 is 0 Å². The Hall–Kier alpha value is -2.34. The van der Waals surface area contributed by atoms with E-state index in [1.54, 1.807) is 29.3 Å². The second-order valence-corrected chi connectivity index (χ2v) is 5.95. The number of rotatable bonds is 4. The third-order valence-electron chi connectivity index (χ3n) is 4.13. The third kappa shape index (κ3) is 4.35. The molecule has 24 heavy (non-hydrogen) atoms. The fraction of sp³-hybridized carbons (Fsp3) is 0.389.